The summed E-state index contributed by atoms with van der Waals surface area (Å²) >= 11 is 0. The van der Waals surface area contributed by atoms with E-state index in [0.717, 1.165) is 5.69 Å². The number of alkyl halides is 2. The fourth-order valence-electron chi connectivity index (χ4n) is 5.76. The van der Waals surface area contributed by atoms with Crippen LogP contribution in [0.3, 0.4) is 0 Å². The third kappa shape index (κ3) is 5.75. The highest BCUT2D eigenvalue weighted by atomic mass is 32.2. The van der Waals surface area contributed by atoms with Gasteiger partial charge in [-0.25, -0.2) is 26.6 Å². The SMILES string of the molecule is N#CC1(NC(=O)C2CC(F)(F)CCC2c2nc(-c3ccc(F)cc3)oc2-c2ccc(N3CCS(=O)(=O)CC3)cc2)CC1. The highest BCUT2D eigenvalue weighted by Gasteiger charge is 2.51. The summed E-state index contributed by atoms with van der Waals surface area (Å²) < 4.78 is 72.9. The predicted octanol–water partition coefficient (Wildman–Crippen LogP) is 5.07. The largest absolute Gasteiger partial charge is 0.436 e. The lowest BCUT2D eigenvalue weighted by Crippen LogP contribution is -2.45. The fraction of sp³-hybridized carbons (Fsp3) is 0.433. The van der Waals surface area contributed by atoms with Gasteiger partial charge in [0.2, 0.25) is 17.7 Å². The molecule has 1 saturated heterocycles. The number of oxazole rings is 1. The zero-order valence-corrected chi connectivity index (χ0v) is 23.5. The zero-order chi connectivity index (χ0) is 29.7. The summed E-state index contributed by atoms with van der Waals surface area (Å²) in [5.41, 5.74) is 1.26. The van der Waals surface area contributed by atoms with Crippen molar-refractivity contribution in [1.82, 2.24) is 10.3 Å². The van der Waals surface area contributed by atoms with Crippen LogP contribution in [0.15, 0.2) is 52.9 Å². The third-order valence-electron chi connectivity index (χ3n) is 8.42. The maximum atomic E-state index is 14.7. The van der Waals surface area contributed by atoms with Crippen molar-refractivity contribution in [3.8, 4) is 28.8 Å². The van der Waals surface area contributed by atoms with Gasteiger partial charge < -0.3 is 14.6 Å². The van der Waals surface area contributed by atoms with E-state index < -0.39 is 57.7 Å². The Morgan fingerprint density at radius 3 is 2.29 bits per heavy atom. The smallest absolute Gasteiger partial charge is 0.249 e. The van der Waals surface area contributed by atoms with Crippen LogP contribution in [0.2, 0.25) is 0 Å². The molecule has 1 amide bonds. The predicted molar refractivity (Wildman–Crippen MR) is 149 cm³/mol. The van der Waals surface area contributed by atoms with E-state index in [9.17, 15) is 31.6 Å². The average molecular weight is 599 g/mol. The van der Waals surface area contributed by atoms with Crippen LogP contribution < -0.4 is 10.2 Å². The van der Waals surface area contributed by atoms with Crippen LogP contribution in [0.4, 0.5) is 18.9 Å². The van der Waals surface area contributed by atoms with E-state index in [1.54, 1.807) is 12.1 Å². The Labute approximate surface area is 241 Å². The van der Waals surface area contributed by atoms with Crippen molar-refractivity contribution in [2.24, 2.45) is 5.92 Å². The van der Waals surface area contributed by atoms with Gasteiger partial charge in [0.05, 0.1) is 29.2 Å². The van der Waals surface area contributed by atoms with Crippen LogP contribution in [0.1, 0.15) is 43.7 Å². The molecule has 2 aromatic carbocycles. The monoisotopic (exact) mass is 598 g/mol. The lowest BCUT2D eigenvalue weighted by Gasteiger charge is -2.35. The number of hydrogen-bond donors (Lipinski definition) is 1. The van der Waals surface area contributed by atoms with Gasteiger partial charge in [-0.15, -0.1) is 0 Å². The first-order valence-corrected chi connectivity index (χ1v) is 15.7. The molecule has 2 atom stereocenters. The summed E-state index contributed by atoms with van der Waals surface area (Å²) in [5, 5.41) is 12.2. The molecule has 3 aliphatic rings. The minimum Gasteiger partial charge on any atom is -0.436 e. The Kier molecular flexibility index (Phi) is 7.04. The van der Waals surface area contributed by atoms with Crippen LogP contribution in [-0.2, 0) is 14.6 Å². The molecule has 0 bridgehead atoms. The molecule has 8 nitrogen and oxygen atoms in total. The summed E-state index contributed by atoms with van der Waals surface area (Å²) in [6, 6.07) is 14.9. The van der Waals surface area contributed by atoms with E-state index in [0.29, 0.717) is 48.5 Å². The molecular formula is C30H29F3N4O4S. The van der Waals surface area contributed by atoms with Gasteiger partial charge >= 0.3 is 0 Å². The maximum Gasteiger partial charge on any atom is 0.249 e. The first-order valence-electron chi connectivity index (χ1n) is 13.9. The van der Waals surface area contributed by atoms with E-state index in [1.165, 1.54) is 24.3 Å². The number of halogens is 3. The molecule has 42 heavy (non-hydrogen) atoms. The van der Waals surface area contributed by atoms with Crippen LogP contribution in [0.5, 0.6) is 0 Å². The first-order chi connectivity index (χ1) is 20.0. The third-order valence-corrected chi connectivity index (χ3v) is 10.0. The van der Waals surface area contributed by atoms with Gasteiger partial charge in [-0.05, 0) is 67.8 Å². The summed E-state index contributed by atoms with van der Waals surface area (Å²) in [5.74, 6) is -5.31. The van der Waals surface area contributed by atoms with Crippen LogP contribution in [0.25, 0.3) is 22.8 Å². The van der Waals surface area contributed by atoms with Crippen molar-refractivity contribution in [1.29, 1.82) is 5.26 Å². The molecule has 1 N–H and O–H groups in total. The molecule has 6 rings (SSSR count). The van der Waals surface area contributed by atoms with E-state index in [-0.39, 0.29) is 23.8 Å². The molecule has 3 fully saturated rings. The van der Waals surface area contributed by atoms with Crippen molar-refractivity contribution in [3.05, 3.63) is 60.0 Å². The van der Waals surface area contributed by atoms with Gasteiger partial charge in [-0.2, -0.15) is 5.26 Å². The quantitative estimate of drug-likeness (QED) is 0.421. The van der Waals surface area contributed by atoms with E-state index in [4.69, 9.17) is 9.40 Å². The lowest BCUT2D eigenvalue weighted by atomic mass is 9.74. The number of carbonyl (C=O) groups is 1. The average Bonchev–Trinajstić information content (AvgIpc) is 3.60. The van der Waals surface area contributed by atoms with Gasteiger partial charge in [0.1, 0.15) is 11.4 Å². The molecule has 2 saturated carbocycles. The Morgan fingerprint density at radius 2 is 1.67 bits per heavy atom. The Bertz CT molecular complexity index is 1630. The number of sulfone groups is 1. The number of nitrogens with one attached hydrogen (secondary N) is 1. The van der Waals surface area contributed by atoms with Crippen molar-refractivity contribution < 1.29 is 30.8 Å². The number of benzene rings is 2. The van der Waals surface area contributed by atoms with Crippen molar-refractivity contribution in [2.45, 2.75) is 49.5 Å². The Morgan fingerprint density at radius 1 is 1.02 bits per heavy atom. The number of carbonyl (C=O) groups excluding carboxylic acids is 1. The van der Waals surface area contributed by atoms with E-state index >= 15 is 0 Å². The molecular weight excluding hydrogens is 569 g/mol. The maximum absolute atomic E-state index is 14.7. The van der Waals surface area contributed by atoms with Gasteiger partial charge in [-0.1, -0.05) is 0 Å². The lowest BCUT2D eigenvalue weighted by molar-refractivity contribution is -0.134. The molecule has 2 heterocycles. The van der Waals surface area contributed by atoms with Gasteiger partial charge in [0, 0.05) is 48.7 Å². The van der Waals surface area contributed by atoms with Gasteiger partial charge in [-0.3, -0.25) is 4.79 Å². The summed E-state index contributed by atoms with van der Waals surface area (Å²) in [7, 11) is -3.04. The van der Waals surface area contributed by atoms with Crippen molar-refractivity contribution in [2.75, 3.05) is 29.5 Å². The number of nitriles is 1. The fourth-order valence-corrected chi connectivity index (χ4v) is 6.96. The highest BCUT2D eigenvalue weighted by molar-refractivity contribution is 7.91. The number of nitrogens with zero attached hydrogens (tertiary/aromatic N) is 3. The van der Waals surface area contributed by atoms with Gasteiger partial charge in [0.15, 0.2) is 15.6 Å². The van der Waals surface area contributed by atoms with Crippen molar-refractivity contribution in [3.63, 3.8) is 0 Å². The first kappa shape index (κ1) is 28.3. The molecule has 2 aliphatic carbocycles. The van der Waals surface area contributed by atoms with Crippen LogP contribution in [0, 0.1) is 23.1 Å². The molecule has 1 aliphatic heterocycles. The molecule has 220 valence electrons. The molecule has 12 heteroatoms. The number of hydrogen-bond acceptors (Lipinski definition) is 7. The summed E-state index contributed by atoms with van der Waals surface area (Å²) in [6.45, 7) is 0.752. The standard InChI is InChI=1S/C30H29F3N4O4S/c31-21-5-1-20(2-6-21)28-35-25(23-9-10-30(32,33)17-24(23)27(38)36-29(18-34)11-12-29)26(41-28)19-3-7-22(8-4-19)37-13-15-42(39,40)16-14-37/h1-8,23-24H,9-17H2,(H,36,38). The van der Waals surface area contributed by atoms with E-state index in [1.807, 2.05) is 17.0 Å². The molecule has 0 radical (unpaired) electrons. The Hall–Kier alpha value is -3.85. The number of anilines is 1. The minimum atomic E-state index is -3.05. The topological polar surface area (TPSA) is 116 Å². The second-order valence-corrected chi connectivity index (χ2v) is 13.7. The summed E-state index contributed by atoms with van der Waals surface area (Å²) in [4.78, 5) is 20.0. The molecule has 0 spiro atoms. The minimum absolute atomic E-state index is 0.0205. The molecule has 3 aromatic rings. The zero-order valence-electron chi connectivity index (χ0n) is 22.7. The number of amides is 1. The molecule has 1 aromatic heterocycles. The van der Waals surface area contributed by atoms with Crippen molar-refractivity contribution >= 4 is 21.4 Å². The van der Waals surface area contributed by atoms with Crippen LogP contribution >= 0.6 is 0 Å². The van der Waals surface area contributed by atoms with Crippen LogP contribution in [-0.4, -0.2) is 55.4 Å². The highest BCUT2D eigenvalue weighted by Crippen LogP contribution is 2.48. The second-order valence-electron chi connectivity index (χ2n) is 11.4. The Balaban J connectivity index is 1.37. The number of rotatable bonds is 6. The van der Waals surface area contributed by atoms with Gasteiger partial charge in [0.25, 0.3) is 0 Å². The normalized spacial score (nSPS) is 24.0. The number of aromatic nitrogens is 1. The second kappa shape index (κ2) is 10.5. The summed E-state index contributed by atoms with van der Waals surface area (Å²) in [6.07, 6.45) is -0.183. The van der Waals surface area contributed by atoms with E-state index in [2.05, 4.69) is 11.4 Å². The molecule has 2 unspecified atom stereocenters.